The largest absolute Gasteiger partial charge is 0.378 e. The van der Waals surface area contributed by atoms with E-state index >= 15 is 0 Å². The van der Waals surface area contributed by atoms with Crippen LogP contribution in [0.1, 0.15) is 30.1 Å². The molecule has 0 radical (unpaired) electrons. The Morgan fingerprint density at radius 2 is 1.74 bits per heavy atom. The summed E-state index contributed by atoms with van der Waals surface area (Å²) in [4.78, 5) is 16.9. The lowest BCUT2D eigenvalue weighted by Crippen LogP contribution is -2.33. The Hall–Kier alpha value is -3.41. The van der Waals surface area contributed by atoms with Crippen LogP contribution in [0.5, 0.6) is 0 Å². The fourth-order valence-corrected chi connectivity index (χ4v) is 3.74. The van der Waals surface area contributed by atoms with Crippen LogP contribution < -0.4 is 15.1 Å². The van der Waals surface area contributed by atoms with E-state index < -0.39 is 0 Å². The molecule has 0 spiro atoms. The van der Waals surface area contributed by atoms with E-state index in [1.54, 1.807) is 0 Å². The van der Waals surface area contributed by atoms with Gasteiger partial charge in [0.25, 0.3) is 5.91 Å². The Kier molecular flexibility index (Phi) is 6.16. The molecule has 1 amide bonds. The average molecular weight is 416 g/mol. The van der Waals surface area contributed by atoms with Crippen LogP contribution in [0.2, 0.25) is 0 Å². The minimum absolute atomic E-state index is 0.128. The summed E-state index contributed by atoms with van der Waals surface area (Å²) in [6, 6.07) is 19.3. The molecule has 0 saturated carbocycles. The highest BCUT2D eigenvalue weighted by molar-refractivity contribution is 6.04. The van der Waals surface area contributed by atoms with Crippen LogP contribution in [0.15, 0.2) is 60.7 Å². The molecule has 1 aliphatic heterocycles. The summed E-state index contributed by atoms with van der Waals surface area (Å²) in [5.41, 5.74) is 4.16. The van der Waals surface area contributed by atoms with Gasteiger partial charge in [-0.15, -0.1) is 10.2 Å². The molecule has 6 heteroatoms. The van der Waals surface area contributed by atoms with Gasteiger partial charge in [0.1, 0.15) is 0 Å². The van der Waals surface area contributed by atoms with Crippen molar-refractivity contribution in [3.8, 4) is 11.3 Å². The molecule has 6 nitrogen and oxygen atoms in total. The summed E-state index contributed by atoms with van der Waals surface area (Å²) in [5, 5.41) is 11.8. The maximum absolute atomic E-state index is 12.6. The van der Waals surface area contributed by atoms with Gasteiger partial charge in [-0.05, 0) is 61.2 Å². The van der Waals surface area contributed by atoms with Crippen LogP contribution in [0.4, 0.5) is 17.2 Å². The number of hydrogen-bond acceptors (Lipinski definition) is 5. The number of carbonyl (C=O) groups is 1. The standard InChI is InChI=1S/C25H29N5O/c1-18-13-15-30(16-14-18)24-12-11-23(27-28-24)19-7-9-21(10-8-19)26-25(31)20-5-4-6-22(17-20)29(2)3/h4-12,17-18H,13-16H2,1-3H3,(H,26,31). The molecule has 1 aliphatic rings. The molecule has 4 rings (SSSR count). The van der Waals surface area contributed by atoms with E-state index in [-0.39, 0.29) is 5.91 Å². The highest BCUT2D eigenvalue weighted by Gasteiger charge is 2.17. The lowest BCUT2D eigenvalue weighted by molar-refractivity contribution is 0.102. The molecule has 0 aliphatic carbocycles. The first kappa shape index (κ1) is 20.8. The van der Waals surface area contributed by atoms with Crippen molar-refractivity contribution >= 4 is 23.1 Å². The zero-order valence-corrected chi connectivity index (χ0v) is 18.4. The number of carbonyl (C=O) groups excluding carboxylic acids is 1. The summed E-state index contributed by atoms with van der Waals surface area (Å²) in [6.45, 7) is 4.39. The van der Waals surface area contributed by atoms with Crippen molar-refractivity contribution in [1.82, 2.24) is 10.2 Å². The van der Waals surface area contributed by atoms with Gasteiger partial charge in [-0.3, -0.25) is 4.79 Å². The summed E-state index contributed by atoms with van der Waals surface area (Å²) in [7, 11) is 3.91. The number of amides is 1. The van der Waals surface area contributed by atoms with Gasteiger partial charge >= 0.3 is 0 Å². The molecule has 1 aromatic heterocycles. The Morgan fingerprint density at radius 3 is 2.39 bits per heavy atom. The molecule has 2 heterocycles. The van der Waals surface area contributed by atoms with Gasteiger partial charge in [-0.2, -0.15) is 0 Å². The maximum atomic E-state index is 12.6. The van der Waals surface area contributed by atoms with Crippen molar-refractivity contribution in [2.24, 2.45) is 5.92 Å². The molecule has 1 fully saturated rings. The topological polar surface area (TPSA) is 61.4 Å². The first-order valence-corrected chi connectivity index (χ1v) is 10.8. The number of piperidine rings is 1. The number of benzene rings is 2. The number of nitrogens with one attached hydrogen (secondary N) is 1. The Bertz CT molecular complexity index is 1020. The second-order valence-electron chi connectivity index (χ2n) is 8.42. The quantitative estimate of drug-likeness (QED) is 0.655. The molecular weight excluding hydrogens is 386 g/mol. The van der Waals surface area contributed by atoms with E-state index in [1.165, 1.54) is 12.8 Å². The number of anilines is 3. The van der Waals surface area contributed by atoms with E-state index in [0.717, 1.165) is 47.5 Å². The molecule has 0 bridgehead atoms. The first-order valence-electron chi connectivity index (χ1n) is 10.8. The molecule has 3 aromatic rings. The molecule has 0 atom stereocenters. The van der Waals surface area contributed by atoms with Crippen LogP contribution in [-0.4, -0.2) is 43.3 Å². The predicted molar refractivity (Wildman–Crippen MR) is 127 cm³/mol. The van der Waals surface area contributed by atoms with Gasteiger partial charge < -0.3 is 15.1 Å². The molecular formula is C25H29N5O. The lowest BCUT2D eigenvalue weighted by atomic mass is 9.99. The Morgan fingerprint density at radius 1 is 1.00 bits per heavy atom. The van der Waals surface area contributed by atoms with Gasteiger partial charge in [-0.1, -0.05) is 25.1 Å². The van der Waals surface area contributed by atoms with Gasteiger partial charge in [-0.25, -0.2) is 0 Å². The minimum atomic E-state index is -0.128. The average Bonchev–Trinajstić information content (AvgIpc) is 2.80. The molecule has 1 saturated heterocycles. The van der Waals surface area contributed by atoms with Gasteiger partial charge in [0.2, 0.25) is 0 Å². The monoisotopic (exact) mass is 415 g/mol. The summed E-state index contributed by atoms with van der Waals surface area (Å²) in [6.07, 6.45) is 2.41. The number of hydrogen-bond donors (Lipinski definition) is 1. The minimum Gasteiger partial charge on any atom is -0.378 e. The first-order chi connectivity index (χ1) is 15.0. The molecule has 1 N–H and O–H groups in total. The Labute approximate surface area is 183 Å². The van der Waals surface area contributed by atoms with E-state index in [9.17, 15) is 4.79 Å². The summed E-state index contributed by atoms with van der Waals surface area (Å²) >= 11 is 0. The van der Waals surface area contributed by atoms with Crippen molar-refractivity contribution in [2.75, 3.05) is 42.3 Å². The van der Waals surface area contributed by atoms with Crippen molar-refractivity contribution in [1.29, 1.82) is 0 Å². The van der Waals surface area contributed by atoms with Gasteiger partial charge in [0.05, 0.1) is 5.69 Å². The van der Waals surface area contributed by atoms with Crippen LogP contribution in [0.3, 0.4) is 0 Å². The number of rotatable bonds is 5. The summed E-state index contributed by atoms with van der Waals surface area (Å²) < 4.78 is 0. The smallest absolute Gasteiger partial charge is 0.255 e. The second kappa shape index (κ2) is 9.16. The fourth-order valence-electron chi connectivity index (χ4n) is 3.74. The van der Waals surface area contributed by atoms with Crippen LogP contribution in [0.25, 0.3) is 11.3 Å². The fraction of sp³-hybridized carbons (Fsp3) is 0.320. The van der Waals surface area contributed by atoms with Crippen LogP contribution in [0, 0.1) is 5.92 Å². The second-order valence-corrected chi connectivity index (χ2v) is 8.42. The summed E-state index contributed by atoms with van der Waals surface area (Å²) in [5.74, 6) is 1.61. The molecule has 2 aromatic carbocycles. The highest BCUT2D eigenvalue weighted by atomic mass is 16.1. The zero-order chi connectivity index (χ0) is 21.8. The third-order valence-corrected chi connectivity index (χ3v) is 5.82. The van der Waals surface area contributed by atoms with E-state index in [1.807, 2.05) is 79.7 Å². The number of aromatic nitrogens is 2. The van der Waals surface area contributed by atoms with Crippen molar-refractivity contribution in [3.05, 3.63) is 66.2 Å². The number of nitrogens with zero attached hydrogens (tertiary/aromatic N) is 4. The normalized spacial score (nSPS) is 14.4. The van der Waals surface area contributed by atoms with E-state index in [4.69, 9.17) is 0 Å². The third-order valence-electron chi connectivity index (χ3n) is 5.82. The van der Waals surface area contributed by atoms with Gasteiger partial charge in [0.15, 0.2) is 5.82 Å². The SMILES string of the molecule is CC1CCN(c2ccc(-c3ccc(NC(=O)c4cccc(N(C)C)c4)cc3)nn2)CC1. The molecule has 31 heavy (non-hydrogen) atoms. The van der Waals surface area contributed by atoms with Crippen LogP contribution in [-0.2, 0) is 0 Å². The Balaban J connectivity index is 1.41. The lowest BCUT2D eigenvalue weighted by Gasteiger charge is -2.30. The predicted octanol–water partition coefficient (Wildman–Crippen LogP) is 4.70. The van der Waals surface area contributed by atoms with Gasteiger partial charge in [0, 0.05) is 49.7 Å². The highest BCUT2D eigenvalue weighted by Crippen LogP contribution is 2.24. The zero-order valence-electron chi connectivity index (χ0n) is 18.4. The van der Waals surface area contributed by atoms with E-state index in [2.05, 4.69) is 27.3 Å². The third kappa shape index (κ3) is 5.02. The van der Waals surface area contributed by atoms with E-state index in [0.29, 0.717) is 5.56 Å². The van der Waals surface area contributed by atoms with Crippen LogP contribution >= 0.6 is 0 Å². The maximum Gasteiger partial charge on any atom is 0.255 e. The molecule has 0 unspecified atom stereocenters. The van der Waals surface area contributed by atoms with Crippen molar-refractivity contribution < 1.29 is 4.79 Å². The van der Waals surface area contributed by atoms with Crippen molar-refractivity contribution in [3.63, 3.8) is 0 Å². The van der Waals surface area contributed by atoms with Crippen molar-refractivity contribution in [2.45, 2.75) is 19.8 Å². The molecule has 160 valence electrons.